The number of aryl methyl sites for hydroxylation is 1. The number of rotatable bonds is 2. The summed E-state index contributed by atoms with van der Waals surface area (Å²) in [7, 11) is 0. The number of nitrogens with two attached hydrogens (primary N) is 1. The number of imidazole rings is 1. The van der Waals surface area contributed by atoms with Crippen molar-refractivity contribution in [2.75, 3.05) is 13.1 Å². The minimum absolute atomic E-state index is 0.540. The molecule has 3 rings (SSSR count). The molecule has 5 heteroatoms. The molecule has 1 saturated heterocycles. The fraction of sp³-hybridized carbons (Fsp3) is 0.500. The summed E-state index contributed by atoms with van der Waals surface area (Å²) in [5.74, 6) is 1.45. The van der Waals surface area contributed by atoms with Crippen molar-refractivity contribution in [3.8, 4) is 0 Å². The lowest BCUT2D eigenvalue weighted by molar-refractivity contribution is 0.277. The van der Waals surface area contributed by atoms with Crippen LogP contribution in [0.5, 0.6) is 0 Å². The molecule has 0 amide bonds. The molecular formula is C16H23N5. The maximum Gasteiger partial charge on any atom is 0.191 e. The number of guanidine groups is 1. The molecule has 0 unspecified atom stereocenters. The van der Waals surface area contributed by atoms with Crippen LogP contribution in [0.1, 0.15) is 31.0 Å². The molecule has 21 heavy (non-hydrogen) atoms. The van der Waals surface area contributed by atoms with Crippen molar-refractivity contribution in [2.45, 2.75) is 33.2 Å². The van der Waals surface area contributed by atoms with Gasteiger partial charge in [-0.1, -0.05) is 13.0 Å². The summed E-state index contributed by atoms with van der Waals surface area (Å²) in [6, 6.07) is 4.09. The van der Waals surface area contributed by atoms with Crippen molar-refractivity contribution >= 4 is 11.6 Å². The molecule has 5 nitrogen and oxygen atoms in total. The first-order chi connectivity index (χ1) is 10.1. The molecule has 0 saturated carbocycles. The summed E-state index contributed by atoms with van der Waals surface area (Å²) in [4.78, 5) is 11.3. The first kappa shape index (κ1) is 13.9. The van der Waals surface area contributed by atoms with Gasteiger partial charge < -0.3 is 15.0 Å². The van der Waals surface area contributed by atoms with E-state index in [0.29, 0.717) is 12.5 Å². The number of fused-ring (bicyclic) bond motifs is 1. The molecule has 0 spiro atoms. The Morgan fingerprint density at radius 1 is 1.33 bits per heavy atom. The van der Waals surface area contributed by atoms with Gasteiger partial charge in [-0.3, -0.25) is 0 Å². The van der Waals surface area contributed by atoms with Gasteiger partial charge in [-0.25, -0.2) is 9.98 Å². The smallest absolute Gasteiger partial charge is 0.191 e. The van der Waals surface area contributed by atoms with Gasteiger partial charge in [-0.15, -0.1) is 0 Å². The molecule has 3 heterocycles. The largest absolute Gasteiger partial charge is 0.370 e. The Morgan fingerprint density at radius 2 is 2.10 bits per heavy atom. The average molecular weight is 285 g/mol. The Balaban J connectivity index is 1.68. The summed E-state index contributed by atoms with van der Waals surface area (Å²) >= 11 is 0. The third-order valence-electron chi connectivity index (χ3n) is 4.16. The van der Waals surface area contributed by atoms with Gasteiger partial charge in [0.25, 0.3) is 0 Å². The highest BCUT2D eigenvalue weighted by Gasteiger charge is 2.16. The molecule has 0 bridgehead atoms. The van der Waals surface area contributed by atoms with E-state index in [1.54, 1.807) is 0 Å². The topological polar surface area (TPSA) is 58.9 Å². The first-order valence-electron chi connectivity index (χ1n) is 7.61. The van der Waals surface area contributed by atoms with Crippen molar-refractivity contribution in [1.29, 1.82) is 0 Å². The Bertz CT molecular complexity index is 650. The number of hydrogen-bond acceptors (Lipinski definition) is 2. The SMILES string of the molecule is Cc1ccc2nc(CN=C(N)N3CCC(C)CC3)cn2c1. The summed E-state index contributed by atoms with van der Waals surface area (Å²) in [5.41, 5.74) is 9.23. The maximum atomic E-state index is 6.10. The van der Waals surface area contributed by atoms with Gasteiger partial charge in [-0.2, -0.15) is 0 Å². The lowest BCUT2D eigenvalue weighted by atomic mass is 10.00. The minimum Gasteiger partial charge on any atom is -0.370 e. The third-order valence-corrected chi connectivity index (χ3v) is 4.16. The summed E-state index contributed by atoms with van der Waals surface area (Å²) < 4.78 is 2.04. The number of piperidine rings is 1. The number of nitrogens with zero attached hydrogens (tertiary/aromatic N) is 4. The van der Waals surface area contributed by atoms with E-state index >= 15 is 0 Å². The molecule has 0 aromatic carbocycles. The van der Waals surface area contributed by atoms with E-state index in [0.717, 1.165) is 30.3 Å². The van der Waals surface area contributed by atoms with Crippen LogP contribution in [-0.4, -0.2) is 33.3 Å². The zero-order chi connectivity index (χ0) is 14.8. The number of pyridine rings is 1. The Kier molecular flexibility index (Phi) is 3.82. The number of aromatic nitrogens is 2. The first-order valence-corrected chi connectivity index (χ1v) is 7.61. The van der Waals surface area contributed by atoms with E-state index in [1.807, 2.05) is 16.7 Å². The van der Waals surface area contributed by atoms with E-state index in [1.165, 1.54) is 18.4 Å². The van der Waals surface area contributed by atoms with Crippen LogP contribution < -0.4 is 5.73 Å². The van der Waals surface area contributed by atoms with Gasteiger partial charge in [0.2, 0.25) is 0 Å². The van der Waals surface area contributed by atoms with Gasteiger partial charge in [0.05, 0.1) is 12.2 Å². The third kappa shape index (κ3) is 3.17. The lowest BCUT2D eigenvalue weighted by Crippen LogP contribution is -2.42. The highest BCUT2D eigenvalue weighted by molar-refractivity contribution is 5.78. The molecule has 0 atom stereocenters. The van der Waals surface area contributed by atoms with E-state index in [9.17, 15) is 0 Å². The van der Waals surface area contributed by atoms with Crippen molar-refractivity contribution in [2.24, 2.45) is 16.6 Å². The Morgan fingerprint density at radius 3 is 2.86 bits per heavy atom. The van der Waals surface area contributed by atoms with Gasteiger partial charge in [0.15, 0.2) is 5.96 Å². The zero-order valence-corrected chi connectivity index (χ0v) is 12.8. The van der Waals surface area contributed by atoms with Crippen LogP contribution in [0.2, 0.25) is 0 Å². The standard InChI is InChI=1S/C16H23N5/c1-12-5-7-20(8-6-12)16(17)18-9-14-11-21-10-13(2)3-4-15(21)19-14/h3-4,10-12H,5-9H2,1-2H3,(H2,17,18). The molecular weight excluding hydrogens is 262 g/mol. The van der Waals surface area contributed by atoms with Crippen LogP contribution in [-0.2, 0) is 6.54 Å². The average Bonchev–Trinajstić information content (AvgIpc) is 2.87. The molecule has 1 aliphatic rings. The monoisotopic (exact) mass is 285 g/mol. The Labute approximate surface area is 125 Å². The summed E-state index contributed by atoms with van der Waals surface area (Å²) in [5, 5.41) is 0. The van der Waals surface area contributed by atoms with Crippen molar-refractivity contribution < 1.29 is 0 Å². The van der Waals surface area contributed by atoms with Gasteiger partial charge >= 0.3 is 0 Å². The lowest BCUT2D eigenvalue weighted by Gasteiger charge is -2.30. The molecule has 0 radical (unpaired) electrons. The van der Waals surface area contributed by atoms with Crippen molar-refractivity contribution in [3.05, 3.63) is 35.8 Å². The second-order valence-corrected chi connectivity index (χ2v) is 6.05. The van der Waals surface area contributed by atoms with Gasteiger partial charge in [0.1, 0.15) is 5.65 Å². The zero-order valence-electron chi connectivity index (χ0n) is 12.8. The van der Waals surface area contributed by atoms with E-state index in [-0.39, 0.29) is 0 Å². The molecule has 2 aromatic heterocycles. The quantitative estimate of drug-likeness (QED) is 0.679. The number of hydrogen-bond donors (Lipinski definition) is 1. The molecule has 112 valence electrons. The molecule has 2 N–H and O–H groups in total. The second kappa shape index (κ2) is 5.76. The van der Waals surface area contributed by atoms with Crippen LogP contribution in [0.4, 0.5) is 0 Å². The van der Waals surface area contributed by atoms with E-state index in [2.05, 4.69) is 41.0 Å². The van der Waals surface area contributed by atoms with Crippen molar-refractivity contribution in [1.82, 2.24) is 14.3 Å². The van der Waals surface area contributed by atoms with Gasteiger partial charge in [-0.05, 0) is 37.3 Å². The minimum atomic E-state index is 0.540. The maximum absolute atomic E-state index is 6.10. The van der Waals surface area contributed by atoms with Crippen LogP contribution in [0.3, 0.4) is 0 Å². The predicted molar refractivity (Wildman–Crippen MR) is 85.2 cm³/mol. The number of likely N-dealkylation sites (tertiary alicyclic amines) is 1. The predicted octanol–water partition coefficient (Wildman–Crippen LogP) is 2.19. The molecule has 2 aromatic rings. The van der Waals surface area contributed by atoms with Crippen molar-refractivity contribution in [3.63, 3.8) is 0 Å². The van der Waals surface area contributed by atoms with Crippen LogP contribution in [0, 0.1) is 12.8 Å². The molecule has 0 aliphatic carbocycles. The van der Waals surface area contributed by atoms with Crippen LogP contribution >= 0.6 is 0 Å². The van der Waals surface area contributed by atoms with Gasteiger partial charge in [0, 0.05) is 25.5 Å². The second-order valence-electron chi connectivity index (χ2n) is 6.05. The highest BCUT2D eigenvalue weighted by Crippen LogP contribution is 2.15. The highest BCUT2D eigenvalue weighted by atomic mass is 15.3. The fourth-order valence-electron chi connectivity index (χ4n) is 2.73. The van der Waals surface area contributed by atoms with Crippen LogP contribution in [0.25, 0.3) is 5.65 Å². The summed E-state index contributed by atoms with van der Waals surface area (Å²) in [6.07, 6.45) is 6.50. The summed E-state index contributed by atoms with van der Waals surface area (Å²) in [6.45, 7) is 6.94. The fourth-order valence-corrected chi connectivity index (χ4v) is 2.73. The normalized spacial score (nSPS) is 17.6. The van der Waals surface area contributed by atoms with E-state index in [4.69, 9.17) is 5.73 Å². The molecule has 1 fully saturated rings. The van der Waals surface area contributed by atoms with Crippen LogP contribution in [0.15, 0.2) is 29.5 Å². The molecule has 1 aliphatic heterocycles. The Hall–Kier alpha value is -2.04. The van der Waals surface area contributed by atoms with E-state index < -0.39 is 0 Å². The number of aliphatic imine (C=N–C) groups is 1.